The minimum atomic E-state index is -0.111. The molecule has 0 spiro atoms. The highest BCUT2D eigenvalue weighted by atomic mass is 16.5. The second-order valence-electron chi connectivity index (χ2n) is 6.65. The molecule has 1 saturated heterocycles. The van der Waals surface area contributed by atoms with Gasteiger partial charge >= 0.3 is 0 Å². The zero-order valence-corrected chi connectivity index (χ0v) is 14.1. The van der Waals surface area contributed by atoms with E-state index in [9.17, 15) is 4.79 Å². The summed E-state index contributed by atoms with van der Waals surface area (Å²) in [6.07, 6.45) is 1.41. The summed E-state index contributed by atoms with van der Waals surface area (Å²) in [6.45, 7) is 11.8. The lowest BCUT2D eigenvalue weighted by Gasteiger charge is -2.35. The molecular formula is C16H28N4O2. The number of hydrogen-bond acceptors (Lipinski definition) is 4. The molecule has 6 nitrogen and oxygen atoms in total. The highest BCUT2D eigenvalue weighted by Gasteiger charge is 2.21. The minimum absolute atomic E-state index is 0.111. The zero-order valence-electron chi connectivity index (χ0n) is 14.1. The molecule has 2 N–H and O–H groups in total. The molecule has 2 heterocycles. The number of rotatable bonds is 6. The maximum absolute atomic E-state index is 12.1. The summed E-state index contributed by atoms with van der Waals surface area (Å²) < 4.78 is 5.70. The fourth-order valence-corrected chi connectivity index (χ4v) is 2.91. The molecule has 2 rings (SSSR count). The van der Waals surface area contributed by atoms with Crippen molar-refractivity contribution in [3.63, 3.8) is 0 Å². The van der Waals surface area contributed by atoms with Crippen molar-refractivity contribution in [2.45, 2.75) is 46.3 Å². The molecule has 0 radical (unpaired) electrons. The van der Waals surface area contributed by atoms with E-state index in [2.05, 4.69) is 48.1 Å². The summed E-state index contributed by atoms with van der Waals surface area (Å²) in [5.74, 6) is 0.433. The fraction of sp³-hybridized carbons (Fsp3) is 0.750. The lowest BCUT2D eigenvalue weighted by atomic mass is 10.1. The molecule has 6 heteroatoms. The molecule has 1 aromatic heterocycles. The summed E-state index contributed by atoms with van der Waals surface area (Å²) in [5, 5.41) is 9.96. The molecule has 2 atom stereocenters. The van der Waals surface area contributed by atoms with Crippen molar-refractivity contribution in [3.8, 4) is 0 Å². The van der Waals surface area contributed by atoms with Crippen LogP contribution in [-0.2, 0) is 11.2 Å². The summed E-state index contributed by atoms with van der Waals surface area (Å²) in [6, 6.07) is 1.84. The summed E-state index contributed by atoms with van der Waals surface area (Å²) >= 11 is 0. The number of H-pyrrole nitrogens is 1. The molecule has 1 fully saturated rings. The van der Waals surface area contributed by atoms with Crippen molar-refractivity contribution >= 4 is 5.91 Å². The fourth-order valence-electron chi connectivity index (χ4n) is 2.91. The van der Waals surface area contributed by atoms with Crippen LogP contribution in [0.1, 0.15) is 43.9 Å². The number of aromatic amines is 1. The normalized spacial score (nSPS) is 23.0. The lowest BCUT2D eigenvalue weighted by molar-refractivity contribution is -0.0672. The Morgan fingerprint density at radius 2 is 2.14 bits per heavy atom. The number of morpholine rings is 1. The van der Waals surface area contributed by atoms with E-state index >= 15 is 0 Å². The van der Waals surface area contributed by atoms with Crippen LogP contribution in [0.5, 0.6) is 0 Å². The van der Waals surface area contributed by atoms with Gasteiger partial charge in [-0.2, -0.15) is 5.10 Å². The van der Waals surface area contributed by atoms with Gasteiger partial charge in [-0.25, -0.2) is 0 Å². The summed E-state index contributed by atoms with van der Waals surface area (Å²) in [7, 11) is 0. The van der Waals surface area contributed by atoms with Crippen molar-refractivity contribution < 1.29 is 9.53 Å². The number of carbonyl (C=O) groups is 1. The number of amides is 1. The first kappa shape index (κ1) is 17.0. The first-order valence-corrected chi connectivity index (χ1v) is 8.14. The monoisotopic (exact) mass is 308 g/mol. The smallest absolute Gasteiger partial charge is 0.271 e. The highest BCUT2D eigenvalue weighted by molar-refractivity contribution is 5.92. The van der Waals surface area contributed by atoms with E-state index in [0.29, 0.717) is 18.2 Å². The molecule has 0 aromatic carbocycles. The van der Waals surface area contributed by atoms with Crippen molar-refractivity contribution in [2.24, 2.45) is 5.92 Å². The number of hydrogen-bond donors (Lipinski definition) is 2. The van der Waals surface area contributed by atoms with Crippen LogP contribution in [0.25, 0.3) is 0 Å². The van der Waals surface area contributed by atoms with Gasteiger partial charge in [0.05, 0.1) is 12.2 Å². The molecule has 22 heavy (non-hydrogen) atoms. The Balaban J connectivity index is 1.74. The van der Waals surface area contributed by atoms with Crippen molar-refractivity contribution in [2.75, 3.05) is 26.2 Å². The van der Waals surface area contributed by atoms with E-state index in [-0.39, 0.29) is 18.1 Å². The van der Waals surface area contributed by atoms with Crippen LogP contribution < -0.4 is 5.32 Å². The van der Waals surface area contributed by atoms with Gasteiger partial charge in [-0.15, -0.1) is 0 Å². The summed E-state index contributed by atoms with van der Waals surface area (Å²) in [5.41, 5.74) is 1.48. The average molecular weight is 308 g/mol. The Bertz CT molecular complexity index is 476. The Morgan fingerprint density at radius 1 is 1.45 bits per heavy atom. The molecule has 124 valence electrons. The topological polar surface area (TPSA) is 70.2 Å². The standard InChI is InChI=1S/C16H28N4O2/c1-11(2)7-14-8-15(19-18-14)16(21)17-5-6-20-9-12(3)22-13(4)10-20/h8,11-13H,5-7,9-10H2,1-4H3,(H,17,21)(H,18,19)/t12-,13-/m0/s1. The van der Waals surface area contributed by atoms with Gasteiger partial charge in [0.25, 0.3) is 5.91 Å². The Morgan fingerprint density at radius 3 is 2.77 bits per heavy atom. The number of carbonyl (C=O) groups excluding carboxylic acids is 1. The second-order valence-corrected chi connectivity index (χ2v) is 6.65. The van der Waals surface area contributed by atoms with Gasteiger partial charge in [-0.05, 0) is 32.3 Å². The minimum Gasteiger partial charge on any atom is -0.373 e. The summed E-state index contributed by atoms with van der Waals surface area (Å²) in [4.78, 5) is 14.4. The predicted octanol–water partition coefficient (Wildman–Crippen LogP) is 1.45. The Hall–Kier alpha value is -1.40. The third-order valence-corrected chi connectivity index (χ3v) is 3.70. The van der Waals surface area contributed by atoms with Crippen molar-refractivity contribution in [1.82, 2.24) is 20.4 Å². The van der Waals surface area contributed by atoms with Gasteiger partial charge in [-0.1, -0.05) is 13.8 Å². The second kappa shape index (κ2) is 7.74. The maximum Gasteiger partial charge on any atom is 0.271 e. The average Bonchev–Trinajstić information content (AvgIpc) is 2.85. The first-order chi connectivity index (χ1) is 10.4. The van der Waals surface area contributed by atoms with Crippen molar-refractivity contribution in [1.29, 1.82) is 0 Å². The molecule has 1 aliphatic rings. The molecular weight excluding hydrogens is 280 g/mol. The van der Waals surface area contributed by atoms with Gasteiger partial charge in [-0.3, -0.25) is 14.8 Å². The van der Waals surface area contributed by atoms with Crippen LogP contribution in [0.4, 0.5) is 0 Å². The van der Waals surface area contributed by atoms with Gasteiger partial charge in [0.1, 0.15) is 5.69 Å². The van der Waals surface area contributed by atoms with Gasteiger partial charge in [0.2, 0.25) is 0 Å². The first-order valence-electron chi connectivity index (χ1n) is 8.14. The number of ether oxygens (including phenoxy) is 1. The third kappa shape index (κ3) is 5.10. The van der Waals surface area contributed by atoms with E-state index < -0.39 is 0 Å². The third-order valence-electron chi connectivity index (χ3n) is 3.70. The molecule has 1 aromatic rings. The Labute approximate surface area is 132 Å². The molecule has 0 saturated carbocycles. The number of nitrogens with zero attached hydrogens (tertiary/aromatic N) is 2. The van der Waals surface area contributed by atoms with E-state index in [1.807, 2.05) is 6.07 Å². The SMILES string of the molecule is CC(C)Cc1cc(C(=O)NCCN2C[C@H](C)O[C@@H](C)C2)n[nH]1. The van der Waals surface area contributed by atoms with Crippen molar-refractivity contribution in [3.05, 3.63) is 17.5 Å². The molecule has 1 amide bonds. The highest BCUT2D eigenvalue weighted by Crippen LogP contribution is 2.10. The van der Waals surface area contributed by atoms with E-state index in [1.165, 1.54) is 0 Å². The van der Waals surface area contributed by atoms with E-state index in [0.717, 1.165) is 31.7 Å². The molecule has 0 aliphatic carbocycles. The quantitative estimate of drug-likeness (QED) is 0.834. The van der Waals surface area contributed by atoms with Gasteiger partial charge in [0, 0.05) is 31.9 Å². The van der Waals surface area contributed by atoms with E-state index in [4.69, 9.17) is 4.74 Å². The lowest BCUT2D eigenvalue weighted by Crippen LogP contribution is -2.47. The van der Waals surface area contributed by atoms with Crippen LogP contribution in [0.3, 0.4) is 0 Å². The van der Waals surface area contributed by atoms with E-state index in [1.54, 1.807) is 0 Å². The molecule has 0 bridgehead atoms. The largest absolute Gasteiger partial charge is 0.373 e. The van der Waals surface area contributed by atoms with Crippen LogP contribution in [-0.4, -0.2) is 59.4 Å². The number of aromatic nitrogens is 2. The molecule has 0 unspecified atom stereocenters. The van der Waals surface area contributed by atoms with Crippen LogP contribution in [0.15, 0.2) is 6.07 Å². The van der Waals surface area contributed by atoms with Crippen LogP contribution in [0.2, 0.25) is 0 Å². The predicted molar refractivity (Wildman–Crippen MR) is 85.9 cm³/mol. The van der Waals surface area contributed by atoms with Crippen LogP contribution >= 0.6 is 0 Å². The maximum atomic E-state index is 12.1. The van der Waals surface area contributed by atoms with Crippen LogP contribution in [0, 0.1) is 5.92 Å². The number of nitrogens with one attached hydrogen (secondary N) is 2. The zero-order chi connectivity index (χ0) is 16.1. The van der Waals surface area contributed by atoms with Gasteiger partial charge < -0.3 is 10.1 Å². The molecule has 1 aliphatic heterocycles. The van der Waals surface area contributed by atoms with Gasteiger partial charge in [0.15, 0.2) is 0 Å². The Kier molecular flexibility index (Phi) is 5.97.